The number of azo groups is 1. The van der Waals surface area contributed by atoms with Crippen LogP contribution in [-0.2, 0) is 11.0 Å². The van der Waals surface area contributed by atoms with Gasteiger partial charge in [0, 0.05) is 12.1 Å². The van der Waals surface area contributed by atoms with E-state index in [2.05, 4.69) is 20.4 Å². The number of nitrogens with zero attached hydrogens (tertiary/aromatic N) is 3. The van der Waals surface area contributed by atoms with Crippen molar-refractivity contribution in [3.8, 4) is 0 Å². The molecular formula is C19H10F8N4O. The van der Waals surface area contributed by atoms with Gasteiger partial charge in [-0.1, -0.05) is 6.07 Å². The van der Waals surface area contributed by atoms with Gasteiger partial charge >= 0.3 is 6.18 Å². The molecule has 5 nitrogen and oxygen atoms in total. The Morgan fingerprint density at radius 3 is 2.19 bits per heavy atom. The van der Waals surface area contributed by atoms with Crippen molar-refractivity contribution >= 4 is 17.3 Å². The summed E-state index contributed by atoms with van der Waals surface area (Å²) in [4.78, 5) is 15.3. The molecule has 1 aliphatic heterocycles. The van der Waals surface area contributed by atoms with Crippen molar-refractivity contribution in [1.82, 2.24) is 0 Å². The van der Waals surface area contributed by atoms with Crippen LogP contribution in [0.1, 0.15) is 30.5 Å². The van der Waals surface area contributed by atoms with Crippen LogP contribution in [0.4, 0.5) is 46.5 Å². The maximum absolute atomic E-state index is 14.0. The molecule has 1 N–H and O–H groups in total. The summed E-state index contributed by atoms with van der Waals surface area (Å²) >= 11 is 0. The van der Waals surface area contributed by atoms with E-state index in [4.69, 9.17) is 6.57 Å². The predicted octanol–water partition coefficient (Wildman–Crippen LogP) is 6.25. The van der Waals surface area contributed by atoms with E-state index in [0.717, 1.165) is 19.1 Å². The van der Waals surface area contributed by atoms with Crippen LogP contribution in [0, 0.1) is 35.7 Å². The monoisotopic (exact) mass is 462 g/mol. The number of nitrogens with one attached hydrogen (secondary N) is 1. The predicted molar refractivity (Wildman–Crippen MR) is 93.2 cm³/mol. The van der Waals surface area contributed by atoms with Gasteiger partial charge in [-0.25, -0.2) is 26.8 Å². The molecule has 0 fully saturated rings. The summed E-state index contributed by atoms with van der Waals surface area (Å²) in [5.74, 6) is -12.0. The standard InChI is InChI=1S/C19H10F8N4O/c1-18(17(32)29-7-3-4-9(28-2)8(5-7)19(25,26)27)6-10(30-31-18)11-12(20)14(22)16(24)15(23)13(11)21/h3-5,10H,6H2,1H3,(H,29,32). The largest absolute Gasteiger partial charge is 0.407 e. The quantitative estimate of drug-likeness (QED) is 0.250. The Balaban J connectivity index is 1.87. The maximum atomic E-state index is 14.0. The molecule has 0 radical (unpaired) electrons. The summed E-state index contributed by atoms with van der Waals surface area (Å²) in [6.45, 7) is 7.92. The smallest absolute Gasteiger partial charge is 0.324 e. The van der Waals surface area contributed by atoms with Crippen molar-refractivity contribution in [2.24, 2.45) is 10.2 Å². The zero-order valence-corrected chi connectivity index (χ0v) is 15.8. The topological polar surface area (TPSA) is 58.2 Å². The number of carbonyl (C=O) groups is 1. The second kappa shape index (κ2) is 7.85. The molecule has 2 aromatic carbocycles. The Morgan fingerprint density at radius 1 is 1.09 bits per heavy atom. The van der Waals surface area contributed by atoms with Gasteiger partial charge in [0.25, 0.3) is 5.91 Å². The molecule has 0 bridgehead atoms. The second-order valence-corrected chi connectivity index (χ2v) is 6.99. The third-order valence-corrected chi connectivity index (χ3v) is 4.76. The van der Waals surface area contributed by atoms with Gasteiger partial charge in [0.05, 0.1) is 17.7 Å². The normalized spacial score (nSPS) is 20.3. The highest BCUT2D eigenvalue weighted by Gasteiger charge is 2.44. The Labute approximate surface area is 174 Å². The summed E-state index contributed by atoms with van der Waals surface area (Å²) in [5.41, 5.74) is -5.52. The number of anilines is 1. The van der Waals surface area contributed by atoms with Crippen LogP contribution in [0.3, 0.4) is 0 Å². The van der Waals surface area contributed by atoms with Crippen LogP contribution in [0.25, 0.3) is 4.85 Å². The number of alkyl halides is 3. The molecule has 1 aliphatic rings. The molecule has 0 saturated heterocycles. The average molecular weight is 462 g/mol. The number of halogens is 8. The van der Waals surface area contributed by atoms with Crippen molar-refractivity contribution in [3.05, 3.63) is 69.8 Å². The first kappa shape index (κ1) is 23.1. The third kappa shape index (κ3) is 3.88. The highest BCUT2D eigenvalue weighted by atomic mass is 19.4. The van der Waals surface area contributed by atoms with Gasteiger partial charge in [-0.3, -0.25) is 4.79 Å². The first-order valence-electron chi connectivity index (χ1n) is 8.63. The summed E-state index contributed by atoms with van der Waals surface area (Å²) in [7, 11) is 0. The van der Waals surface area contributed by atoms with E-state index >= 15 is 0 Å². The molecule has 2 unspecified atom stereocenters. The van der Waals surface area contributed by atoms with Crippen LogP contribution in [0.15, 0.2) is 28.4 Å². The first-order valence-corrected chi connectivity index (χ1v) is 8.63. The highest BCUT2D eigenvalue weighted by Crippen LogP contribution is 2.42. The van der Waals surface area contributed by atoms with Gasteiger partial charge in [0.15, 0.2) is 34.5 Å². The van der Waals surface area contributed by atoms with E-state index in [1.54, 1.807) is 0 Å². The van der Waals surface area contributed by atoms with E-state index in [1.165, 1.54) is 0 Å². The van der Waals surface area contributed by atoms with Crippen molar-refractivity contribution < 1.29 is 39.9 Å². The van der Waals surface area contributed by atoms with Gasteiger partial charge in [-0.05, 0) is 19.1 Å². The number of carbonyl (C=O) groups excluding carboxylic acids is 1. The van der Waals surface area contributed by atoms with Crippen LogP contribution in [0.5, 0.6) is 0 Å². The van der Waals surface area contributed by atoms with E-state index < -0.39 is 76.0 Å². The SMILES string of the molecule is [C-]#[N+]c1ccc(NC(=O)C2(C)CC(c3c(F)c(F)c(F)c(F)c3F)N=N2)cc1C(F)(F)F. The Kier molecular flexibility index (Phi) is 5.67. The van der Waals surface area contributed by atoms with Crippen molar-refractivity contribution in [3.63, 3.8) is 0 Å². The molecule has 0 saturated carbocycles. The molecule has 32 heavy (non-hydrogen) atoms. The fourth-order valence-corrected chi connectivity index (χ4v) is 3.07. The van der Waals surface area contributed by atoms with Gasteiger partial charge in [-0.2, -0.15) is 23.4 Å². The Morgan fingerprint density at radius 2 is 1.66 bits per heavy atom. The first-order chi connectivity index (χ1) is 14.8. The molecular weight excluding hydrogens is 452 g/mol. The Hall–Kier alpha value is -3.56. The third-order valence-electron chi connectivity index (χ3n) is 4.76. The summed E-state index contributed by atoms with van der Waals surface area (Å²) < 4.78 is 107. The molecule has 0 aromatic heterocycles. The van der Waals surface area contributed by atoms with E-state index in [9.17, 15) is 39.9 Å². The van der Waals surface area contributed by atoms with E-state index in [1.807, 2.05) is 0 Å². The molecule has 2 aromatic rings. The van der Waals surface area contributed by atoms with E-state index in [0.29, 0.717) is 6.07 Å². The Bertz CT molecular complexity index is 1160. The highest BCUT2D eigenvalue weighted by molar-refractivity contribution is 5.98. The number of benzene rings is 2. The zero-order chi connectivity index (χ0) is 24.0. The van der Waals surface area contributed by atoms with Gasteiger partial charge in [0.2, 0.25) is 5.82 Å². The van der Waals surface area contributed by atoms with Crippen molar-refractivity contribution in [2.45, 2.75) is 31.1 Å². The van der Waals surface area contributed by atoms with Crippen LogP contribution in [0.2, 0.25) is 0 Å². The van der Waals surface area contributed by atoms with Gasteiger partial charge in [-0.15, -0.1) is 0 Å². The van der Waals surface area contributed by atoms with Gasteiger partial charge < -0.3 is 5.32 Å². The molecule has 0 spiro atoms. The molecule has 168 valence electrons. The number of hydrogen-bond donors (Lipinski definition) is 1. The van der Waals surface area contributed by atoms with Gasteiger partial charge in [0.1, 0.15) is 6.04 Å². The minimum Gasteiger partial charge on any atom is -0.324 e. The number of rotatable bonds is 3. The van der Waals surface area contributed by atoms with E-state index in [-0.39, 0.29) is 5.69 Å². The second-order valence-electron chi connectivity index (χ2n) is 6.99. The van der Waals surface area contributed by atoms with Crippen molar-refractivity contribution in [1.29, 1.82) is 0 Å². The number of hydrogen-bond acceptors (Lipinski definition) is 3. The molecule has 2 atom stereocenters. The molecule has 13 heteroatoms. The summed E-state index contributed by atoms with van der Waals surface area (Å²) in [5, 5.41) is 9.14. The maximum Gasteiger partial charge on any atom is 0.407 e. The lowest BCUT2D eigenvalue weighted by atomic mass is 9.90. The minimum atomic E-state index is -4.88. The lowest BCUT2D eigenvalue weighted by molar-refractivity contribution is -0.136. The summed E-state index contributed by atoms with van der Waals surface area (Å²) in [6, 6.07) is 0.673. The molecule has 1 heterocycles. The minimum absolute atomic E-state index is 0.356. The fraction of sp³-hybridized carbons (Fsp3) is 0.263. The lowest BCUT2D eigenvalue weighted by Crippen LogP contribution is -2.37. The van der Waals surface area contributed by atoms with Crippen LogP contribution >= 0.6 is 0 Å². The summed E-state index contributed by atoms with van der Waals surface area (Å²) in [6.07, 6.45) is -5.50. The molecule has 1 amide bonds. The van der Waals surface area contributed by atoms with Crippen LogP contribution in [-0.4, -0.2) is 11.4 Å². The molecule has 0 aliphatic carbocycles. The van der Waals surface area contributed by atoms with Crippen LogP contribution < -0.4 is 5.32 Å². The molecule has 3 rings (SSSR count). The van der Waals surface area contributed by atoms with Crippen molar-refractivity contribution in [2.75, 3.05) is 5.32 Å². The average Bonchev–Trinajstić information content (AvgIpc) is 3.13. The fourth-order valence-electron chi connectivity index (χ4n) is 3.07. The lowest BCUT2D eigenvalue weighted by Gasteiger charge is -2.20. The zero-order valence-electron chi connectivity index (χ0n) is 15.8. The number of amides is 1.